The van der Waals surface area contributed by atoms with Crippen molar-refractivity contribution >= 4 is 29.6 Å². The zero-order valence-electron chi connectivity index (χ0n) is 11.2. The third-order valence-corrected chi connectivity index (χ3v) is 3.82. The van der Waals surface area contributed by atoms with Gasteiger partial charge >= 0.3 is 6.03 Å². The van der Waals surface area contributed by atoms with Crippen LogP contribution < -0.4 is 5.32 Å². The Morgan fingerprint density at radius 2 is 1.94 bits per heavy atom. The Balaban J connectivity index is 2.99. The molecule has 0 radical (unpaired) electrons. The molecule has 1 saturated heterocycles. The molecular weight excluding hydrogens is 252 g/mol. The number of hydrogen-bond donors (Lipinski definition) is 1. The summed E-state index contributed by atoms with van der Waals surface area (Å²) in [6, 6.07) is -0.732. The van der Waals surface area contributed by atoms with Gasteiger partial charge in [0, 0.05) is 5.75 Å². The van der Waals surface area contributed by atoms with Crippen molar-refractivity contribution in [2.75, 3.05) is 12.0 Å². The number of hydrogen-bond acceptors (Lipinski definition) is 4. The summed E-state index contributed by atoms with van der Waals surface area (Å²) < 4.78 is 0. The maximum absolute atomic E-state index is 12.3. The van der Waals surface area contributed by atoms with Crippen molar-refractivity contribution in [2.24, 2.45) is 11.8 Å². The second-order valence-corrected chi connectivity index (χ2v) is 5.65. The highest BCUT2D eigenvalue weighted by Gasteiger charge is 2.44. The normalized spacial score (nSPS) is 22.4. The van der Waals surface area contributed by atoms with Crippen LogP contribution in [-0.2, 0) is 9.59 Å². The van der Waals surface area contributed by atoms with Crippen molar-refractivity contribution < 1.29 is 14.4 Å². The molecule has 2 atom stereocenters. The van der Waals surface area contributed by atoms with Gasteiger partial charge in [0.1, 0.15) is 5.92 Å². The lowest BCUT2D eigenvalue weighted by atomic mass is 9.91. The predicted octanol–water partition coefficient (Wildman–Crippen LogP) is 1.48. The molecule has 6 heteroatoms. The highest BCUT2D eigenvalue weighted by molar-refractivity contribution is 7.98. The van der Waals surface area contributed by atoms with Gasteiger partial charge in [0.2, 0.25) is 11.8 Å². The topological polar surface area (TPSA) is 66.5 Å². The first-order valence-corrected chi connectivity index (χ1v) is 7.50. The van der Waals surface area contributed by atoms with Crippen LogP contribution in [0.15, 0.2) is 0 Å². The minimum atomic E-state index is -0.751. The lowest BCUT2D eigenvalue weighted by Gasteiger charge is -2.36. The monoisotopic (exact) mass is 272 g/mol. The summed E-state index contributed by atoms with van der Waals surface area (Å²) in [7, 11) is 0. The fraction of sp³-hybridized carbons (Fsp3) is 0.750. The van der Waals surface area contributed by atoms with Gasteiger partial charge in [-0.1, -0.05) is 20.8 Å². The van der Waals surface area contributed by atoms with Gasteiger partial charge in [-0.3, -0.25) is 19.8 Å². The van der Waals surface area contributed by atoms with E-state index in [1.54, 1.807) is 11.8 Å². The fourth-order valence-electron chi connectivity index (χ4n) is 2.11. The predicted molar refractivity (Wildman–Crippen MR) is 71.2 cm³/mol. The van der Waals surface area contributed by atoms with Crippen LogP contribution in [0.1, 0.15) is 27.2 Å². The van der Waals surface area contributed by atoms with Gasteiger partial charge in [0.25, 0.3) is 0 Å². The molecule has 1 fully saturated rings. The Hall–Kier alpha value is -1.04. The van der Waals surface area contributed by atoms with E-state index in [-0.39, 0.29) is 17.9 Å². The quantitative estimate of drug-likeness (QED) is 0.770. The minimum absolute atomic E-state index is 0.111. The molecule has 0 spiro atoms. The molecule has 0 aromatic carbocycles. The Morgan fingerprint density at radius 1 is 1.33 bits per heavy atom. The Bertz CT molecular complexity index is 357. The number of urea groups is 1. The highest BCUT2D eigenvalue weighted by atomic mass is 32.2. The van der Waals surface area contributed by atoms with Crippen molar-refractivity contribution in [3.05, 3.63) is 0 Å². The molecule has 1 aliphatic heterocycles. The largest absolute Gasteiger partial charge is 0.331 e. The third kappa shape index (κ3) is 2.85. The SMILES string of the molecule is CCC(CSC)N1C(=O)NC(=O)C(C(C)C)C1=O. The summed E-state index contributed by atoms with van der Waals surface area (Å²) in [6.07, 6.45) is 2.62. The molecule has 1 N–H and O–H groups in total. The van der Waals surface area contributed by atoms with Crippen LogP contribution in [-0.4, -0.2) is 40.8 Å². The van der Waals surface area contributed by atoms with Crippen LogP contribution in [0.4, 0.5) is 4.79 Å². The first kappa shape index (κ1) is 15.0. The van der Waals surface area contributed by atoms with Crippen molar-refractivity contribution in [1.82, 2.24) is 10.2 Å². The molecule has 0 aliphatic carbocycles. The van der Waals surface area contributed by atoms with Crippen LogP contribution in [0.5, 0.6) is 0 Å². The molecule has 1 aliphatic rings. The molecule has 0 aromatic heterocycles. The molecule has 0 aromatic rings. The van der Waals surface area contributed by atoms with E-state index < -0.39 is 17.9 Å². The van der Waals surface area contributed by atoms with E-state index in [2.05, 4.69) is 5.32 Å². The zero-order valence-corrected chi connectivity index (χ0v) is 12.0. The van der Waals surface area contributed by atoms with Gasteiger partial charge in [-0.25, -0.2) is 4.79 Å². The molecule has 0 saturated carbocycles. The fourth-order valence-corrected chi connectivity index (χ4v) is 2.88. The zero-order chi connectivity index (χ0) is 13.9. The van der Waals surface area contributed by atoms with E-state index >= 15 is 0 Å². The summed E-state index contributed by atoms with van der Waals surface area (Å²) in [6.45, 7) is 5.56. The third-order valence-electron chi connectivity index (χ3n) is 3.10. The summed E-state index contributed by atoms with van der Waals surface area (Å²) in [4.78, 5) is 37.0. The van der Waals surface area contributed by atoms with E-state index in [4.69, 9.17) is 0 Å². The summed E-state index contributed by atoms with van der Waals surface area (Å²) in [5, 5.41) is 2.28. The first-order chi connectivity index (χ1) is 8.43. The van der Waals surface area contributed by atoms with Crippen molar-refractivity contribution in [1.29, 1.82) is 0 Å². The van der Waals surface area contributed by atoms with Gasteiger partial charge in [-0.2, -0.15) is 11.8 Å². The van der Waals surface area contributed by atoms with Crippen molar-refractivity contribution in [3.8, 4) is 0 Å². The maximum atomic E-state index is 12.3. The molecule has 1 rings (SSSR count). The average Bonchev–Trinajstić information content (AvgIpc) is 2.26. The minimum Gasteiger partial charge on any atom is -0.277 e. The smallest absolute Gasteiger partial charge is 0.277 e. The number of carbonyl (C=O) groups is 3. The van der Waals surface area contributed by atoms with E-state index in [1.165, 1.54) is 4.90 Å². The van der Waals surface area contributed by atoms with Crippen LogP contribution in [0.2, 0.25) is 0 Å². The standard InChI is InChI=1S/C12H20N2O3S/c1-5-8(6-18-4)14-11(16)9(7(2)3)10(15)13-12(14)17/h7-9H,5-6H2,1-4H3,(H,13,15,17). The second kappa shape index (κ2) is 6.22. The molecule has 1 heterocycles. The number of barbiturate groups is 1. The lowest BCUT2D eigenvalue weighted by molar-refractivity contribution is -0.145. The average molecular weight is 272 g/mol. The number of rotatable bonds is 5. The van der Waals surface area contributed by atoms with E-state index in [1.807, 2.05) is 27.0 Å². The number of imide groups is 2. The van der Waals surface area contributed by atoms with Crippen LogP contribution in [0.25, 0.3) is 0 Å². The van der Waals surface area contributed by atoms with E-state index in [9.17, 15) is 14.4 Å². The molecular formula is C12H20N2O3S. The Morgan fingerprint density at radius 3 is 2.39 bits per heavy atom. The van der Waals surface area contributed by atoms with Crippen molar-refractivity contribution in [2.45, 2.75) is 33.2 Å². The summed E-state index contributed by atoms with van der Waals surface area (Å²) in [5.41, 5.74) is 0. The maximum Gasteiger partial charge on any atom is 0.331 e. The number of nitrogens with one attached hydrogen (secondary N) is 1. The molecule has 18 heavy (non-hydrogen) atoms. The van der Waals surface area contributed by atoms with Gasteiger partial charge in [-0.15, -0.1) is 0 Å². The molecule has 5 nitrogen and oxygen atoms in total. The van der Waals surface area contributed by atoms with E-state index in [0.29, 0.717) is 12.2 Å². The Kier molecular flexibility index (Phi) is 5.19. The van der Waals surface area contributed by atoms with Crippen LogP contribution in [0, 0.1) is 11.8 Å². The van der Waals surface area contributed by atoms with Gasteiger partial charge in [0.15, 0.2) is 0 Å². The van der Waals surface area contributed by atoms with Crippen molar-refractivity contribution in [3.63, 3.8) is 0 Å². The summed E-state index contributed by atoms with van der Waals surface area (Å²) in [5.74, 6) is -1.01. The van der Waals surface area contributed by atoms with Crippen LogP contribution >= 0.6 is 11.8 Å². The molecule has 0 bridgehead atoms. The number of amides is 4. The first-order valence-electron chi connectivity index (χ1n) is 6.10. The number of carbonyl (C=O) groups excluding carboxylic acids is 3. The van der Waals surface area contributed by atoms with Gasteiger partial charge < -0.3 is 0 Å². The second-order valence-electron chi connectivity index (χ2n) is 4.74. The molecule has 4 amide bonds. The van der Waals surface area contributed by atoms with E-state index in [0.717, 1.165) is 0 Å². The van der Waals surface area contributed by atoms with Crippen LogP contribution in [0.3, 0.4) is 0 Å². The van der Waals surface area contributed by atoms with Gasteiger partial charge in [-0.05, 0) is 18.6 Å². The van der Waals surface area contributed by atoms with Gasteiger partial charge in [0.05, 0.1) is 6.04 Å². The summed E-state index contributed by atoms with van der Waals surface area (Å²) >= 11 is 1.58. The number of nitrogens with zero attached hydrogens (tertiary/aromatic N) is 1. The lowest BCUT2D eigenvalue weighted by Crippen LogP contribution is -2.62. The number of thioether (sulfide) groups is 1. The Labute approximate surface area is 112 Å². The highest BCUT2D eigenvalue weighted by Crippen LogP contribution is 2.22. The molecule has 2 unspecified atom stereocenters. The molecule has 102 valence electrons.